The molecule has 2 rings (SSSR count). The van der Waals surface area contributed by atoms with Crippen molar-refractivity contribution in [1.82, 2.24) is 0 Å². The Balaban J connectivity index is 2.25. The Labute approximate surface area is 125 Å². The predicted molar refractivity (Wildman–Crippen MR) is 80.7 cm³/mol. The second-order valence-electron chi connectivity index (χ2n) is 5.23. The smallest absolute Gasteiger partial charge is 0.333 e. The van der Waals surface area contributed by atoms with E-state index in [-0.39, 0.29) is 11.7 Å². The minimum absolute atomic E-state index is 0.0930. The summed E-state index contributed by atoms with van der Waals surface area (Å²) >= 11 is 0. The molecule has 0 amide bonds. The van der Waals surface area contributed by atoms with Crippen LogP contribution in [0.1, 0.15) is 31.7 Å². The highest BCUT2D eigenvalue weighted by molar-refractivity contribution is 7.91. The number of benzene rings is 1. The highest BCUT2D eigenvalue weighted by atomic mass is 32.2. The number of rotatable bonds is 5. The molecule has 0 spiro atoms. The van der Waals surface area contributed by atoms with Crippen molar-refractivity contribution in [3.63, 3.8) is 0 Å². The molecule has 1 aromatic carbocycles. The van der Waals surface area contributed by atoms with Crippen molar-refractivity contribution in [2.24, 2.45) is 0 Å². The largest absolute Gasteiger partial charge is 0.463 e. The van der Waals surface area contributed by atoms with E-state index >= 15 is 0 Å². The highest BCUT2D eigenvalue weighted by Crippen LogP contribution is 2.29. The molecular weight excluding hydrogens is 288 g/mol. The molecule has 21 heavy (non-hydrogen) atoms. The average Bonchev–Trinajstić information content (AvgIpc) is 2.87. The minimum Gasteiger partial charge on any atom is -0.463 e. The summed E-state index contributed by atoms with van der Waals surface area (Å²) < 4.78 is 29.9. The van der Waals surface area contributed by atoms with Crippen LogP contribution >= 0.6 is 0 Å². The Kier molecular flexibility index (Phi) is 4.83. The molecule has 0 saturated heterocycles. The van der Waals surface area contributed by atoms with Crippen LogP contribution in [0.25, 0.3) is 0 Å². The van der Waals surface area contributed by atoms with E-state index in [1.165, 1.54) is 0 Å². The van der Waals surface area contributed by atoms with Crippen molar-refractivity contribution in [2.75, 3.05) is 12.4 Å². The van der Waals surface area contributed by atoms with E-state index in [0.29, 0.717) is 35.5 Å². The molecule has 0 bridgehead atoms. The van der Waals surface area contributed by atoms with E-state index in [2.05, 4.69) is 0 Å². The predicted octanol–water partition coefficient (Wildman–Crippen LogP) is 2.81. The summed E-state index contributed by atoms with van der Waals surface area (Å²) in [4.78, 5) is 12.1. The first-order valence-electron chi connectivity index (χ1n) is 7.11. The van der Waals surface area contributed by atoms with Crippen molar-refractivity contribution in [3.8, 4) is 0 Å². The first kappa shape index (κ1) is 15.8. The second-order valence-corrected chi connectivity index (χ2v) is 7.22. The minimum atomic E-state index is -3.41. The lowest BCUT2D eigenvalue weighted by Crippen LogP contribution is -2.13. The molecule has 0 N–H and O–H groups in total. The van der Waals surface area contributed by atoms with Crippen LogP contribution in [-0.4, -0.2) is 26.7 Å². The number of ether oxygens (including phenoxy) is 1. The molecule has 0 radical (unpaired) electrons. The van der Waals surface area contributed by atoms with Gasteiger partial charge < -0.3 is 4.74 Å². The van der Waals surface area contributed by atoms with Gasteiger partial charge in [0.2, 0.25) is 0 Å². The first-order valence-corrected chi connectivity index (χ1v) is 8.76. The molecule has 5 heteroatoms. The van der Waals surface area contributed by atoms with Gasteiger partial charge in [-0.3, -0.25) is 0 Å². The number of hydrogen-bond acceptors (Lipinski definition) is 4. The van der Waals surface area contributed by atoms with Gasteiger partial charge >= 0.3 is 5.97 Å². The number of hydrogen-bond donors (Lipinski definition) is 0. The van der Waals surface area contributed by atoms with Crippen LogP contribution in [0.2, 0.25) is 0 Å². The number of carbonyl (C=O) groups excluding carboxylic acids is 1. The molecule has 114 valence electrons. The molecular formula is C16H20O4S. The van der Waals surface area contributed by atoms with Crippen LogP contribution in [0.3, 0.4) is 0 Å². The number of carbonyl (C=O) groups is 1. The molecule has 0 atom stereocenters. The van der Waals surface area contributed by atoms with Crippen molar-refractivity contribution in [3.05, 3.63) is 41.0 Å². The van der Waals surface area contributed by atoms with E-state index < -0.39 is 9.84 Å². The molecule has 0 heterocycles. The van der Waals surface area contributed by atoms with Gasteiger partial charge in [0.25, 0.3) is 0 Å². The maximum Gasteiger partial charge on any atom is 0.333 e. The third-order valence-electron chi connectivity index (χ3n) is 3.60. The normalized spacial score (nSPS) is 15.3. The summed E-state index contributed by atoms with van der Waals surface area (Å²) in [7, 11) is -3.41. The second kappa shape index (κ2) is 6.43. The van der Waals surface area contributed by atoms with Crippen LogP contribution in [0.4, 0.5) is 0 Å². The van der Waals surface area contributed by atoms with Crippen LogP contribution in [-0.2, 0) is 19.4 Å². The molecule has 1 aromatic rings. The molecule has 0 fully saturated rings. The molecule has 0 saturated carbocycles. The fraction of sp³-hybridized carbons (Fsp3) is 0.438. The van der Waals surface area contributed by atoms with Gasteiger partial charge in [-0.2, -0.15) is 0 Å². The third kappa shape index (κ3) is 3.73. The third-order valence-corrected chi connectivity index (χ3v) is 5.32. The van der Waals surface area contributed by atoms with Gasteiger partial charge in [0.1, 0.15) is 0 Å². The summed E-state index contributed by atoms with van der Waals surface area (Å²) in [5.74, 6) is -0.464. The van der Waals surface area contributed by atoms with Crippen LogP contribution < -0.4 is 0 Å². The lowest BCUT2D eigenvalue weighted by atomic mass is 10.2. The van der Waals surface area contributed by atoms with E-state index in [1.807, 2.05) is 6.92 Å². The Morgan fingerprint density at radius 3 is 2.48 bits per heavy atom. The van der Waals surface area contributed by atoms with Crippen molar-refractivity contribution in [1.29, 1.82) is 0 Å². The van der Waals surface area contributed by atoms with Gasteiger partial charge in [0, 0.05) is 5.57 Å². The highest BCUT2D eigenvalue weighted by Gasteiger charge is 2.26. The Morgan fingerprint density at radius 2 is 1.86 bits per heavy atom. The van der Waals surface area contributed by atoms with Crippen LogP contribution in [0, 0.1) is 6.92 Å². The van der Waals surface area contributed by atoms with Gasteiger partial charge in [-0.05, 0) is 50.8 Å². The zero-order valence-electron chi connectivity index (χ0n) is 12.4. The molecule has 0 aliphatic heterocycles. The Morgan fingerprint density at radius 1 is 1.19 bits per heavy atom. The molecule has 0 unspecified atom stereocenters. The average molecular weight is 308 g/mol. The summed E-state index contributed by atoms with van der Waals surface area (Å²) in [6, 6.07) is 6.79. The maximum atomic E-state index is 12.4. The van der Waals surface area contributed by atoms with Gasteiger partial charge in [-0.25, -0.2) is 13.2 Å². The van der Waals surface area contributed by atoms with Crippen LogP contribution in [0.5, 0.6) is 0 Å². The molecule has 0 aromatic heterocycles. The summed E-state index contributed by atoms with van der Waals surface area (Å²) in [6.45, 7) is 3.96. The van der Waals surface area contributed by atoms with Gasteiger partial charge in [0.05, 0.1) is 17.3 Å². The standard InChI is InChI=1S/C16H20O4S/c1-3-20-16(17)15-6-4-5-13(15)11-21(18,19)14-9-7-12(2)8-10-14/h7-10H,3-6,11H2,1-2H3. The van der Waals surface area contributed by atoms with E-state index in [1.54, 1.807) is 31.2 Å². The van der Waals surface area contributed by atoms with Crippen molar-refractivity contribution in [2.45, 2.75) is 38.0 Å². The summed E-state index contributed by atoms with van der Waals surface area (Å²) in [5, 5.41) is 0. The van der Waals surface area contributed by atoms with Gasteiger partial charge in [-0.1, -0.05) is 17.7 Å². The van der Waals surface area contributed by atoms with Gasteiger partial charge in [-0.15, -0.1) is 0 Å². The zero-order chi connectivity index (χ0) is 15.5. The van der Waals surface area contributed by atoms with Crippen molar-refractivity contribution < 1.29 is 17.9 Å². The van der Waals surface area contributed by atoms with E-state index in [4.69, 9.17) is 4.74 Å². The van der Waals surface area contributed by atoms with E-state index in [9.17, 15) is 13.2 Å². The SMILES string of the molecule is CCOC(=O)C1=C(CS(=O)(=O)c2ccc(C)cc2)CCC1. The Bertz CT molecular complexity index is 654. The maximum absolute atomic E-state index is 12.4. The molecule has 1 aliphatic carbocycles. The molecule has 1 aliphatic rings. The zero-order valence-corrected chi connectivity index (χ0v) is 13.2. The summed E-state index contributed by atoms with van der Waals surface area (Å²) in [5.41, 5.74) is 2.27. The monoisotopic (exact) mass is 308 g/mol. The quantitative estimate of drug-likeness (QED) is 0.785. The number of esters is 1. The molecule has 4 nitrogen and oxygen atoms in total. The fourth-order valence-corrected chi connectivity index (χ4v) is 3.98. The van der Waals surface area contributed by atoms with E-state index in [0.717, 1.165) is 12.0 Å². The lowest BCUT2D eigenvalue weighted by Gasteiger charge is -2.08. The first-order chi connectivity index (χ1) is 9.94. The fourth-order valence-electron chi connectivity index (χ4n) is 2.49. The van der Waals surface area contributed by atoms with Gasteiger partial charge in [0.15, 0.2) is 9.84 Å². The topological polar surface area (TPSA) is 60.4 Å². The number of sulfone groups is 1. The Hall–Kier alpha value is -1.62. The van der Waals surface area contributed by atoms with Crippen molar-refractivity contribution >= 4 is 15.8 Å². The lowest BCUT2D eigenvalue weighted by molar-refractivity contribution is -0.138. The van der Waals surface area contributed by atoms with Crippen LogP contribution in [0.15, 0.2) is 40.3 Å². The number of aryl methyl sites for hydroxylation is 1. The summed E-state index contributed by atoms with van der Waals surface area (Å²) in [6.07, 6.45) is 2.07.